The normalized spacial score (nSPS) is 32.2. The van der Waals surface area contributed by atoms with Crippen LogP contribution in [0.25, 0.3) is 0 Å². The molecular formula is C7H15NO4S. The maximum Gasteiger partial charge on any atom is 0.215 e. The first-order chi connectivity index (χ1) is 5.95. The van der Waals surface area contributed by atoms with Gasteiger partial charge in [-0.15, -0.1) is 0 Å². The average molecular weight is 209 g/mol. The minimum atomic E-state index is -4.92. The molecule has 3 aliphatic heterocycles. The van der Waals surface area contributed by atoms with Crippen molar-refractivity contribution >= 4 is 10.4 Å². The highest BCUT2D eigenvalue weighted by molar-refractivity contribution is 7.79. The third-order valence-electron chi connectivity index (χ3n) is 2.72. The Balaban J connectivity index is 0.000000149. The van der Waals surface area contributed by atoms with Crippen LogP contribution in [0, 0.1) is 5.92 Å². The van der Waals surface area contributed by atoms with Gasteiger partial charge in [-0.2, -0.15) is 0 Å². The number of fused-ring (bicyclic) bond motifs is 3. The number of piperidine rings is 3. The fraction of sp³-hybridized carbons (Fsp3) is 1.00. The Kier molecular flexibility index (Phi) is 3.66. The Hall–Kier alpha value is -0.170. The molecule has 3 aliphatic rings. The number of hydrogen-bond acceptors (Lipinski definition) is 3. The molecule has 0 aromatic rings. The Morgan fingerprint density at radius 2 is 1.46 bits per heavy atom. The first kappa shape index (κ1) is 10.9. The molecule has 3 heterocycles. The second-order valence-corrected chi connectivity index (χ2v) is 4.52. The average Bonchev–Trinajstić information content (AvgIpc) is 2.05. The van der Waals surface area contributed by atoms with Crippen molar-refractivity contribution in [3.63, 3.8) is 0 Å². The van der Waals surface area contributed by atoms with Crippen molar-refractivity contribution in [2.75, 3.05) is 19.6 Å². The minimum Gasteiger partial charge on any atom is -0.726 e. The zero-order valence-electron chi connectivity index (χ0n) is 7.40. The Bertz CT molecular complexity index is 212. The van der Waals surface area contributed by atoms with Gasteiger partial charge in [0, 0.05) is 0 Å². The Labute approximate surface area is 78.3 Å². The van der Waals surface area contributed by atoms with Crippen molar-refractivity contribution in [1.29, 1.82) is 0 Å². The molecule has 2 N–H and O–H groups in total. The molecule has 0 spiro atoms. The van der Waals surface area contributed by atoms with E-state index < -0.39 is 10.4 Å². The molecule has 78 valence electrons. The van der Waals surface area contributed by atoms with Crippen LogP contribution in [0.2, 0.25) is 0 Å². The number of nitrogens with one attached hydrogen (secondary N) is 1. The van der Waals surface area contributed by atoms with Gasteiger partial charge in [0.1, 0.15) is 0 Å². The quantitative estimate of drug-likeness (QED) is 0.383. The number of quaternary nitrogens is 1. The largest absolute Gasteiger partial charge is 0.726 e. The maximum atomic E-state index is 8.63. The van der Waals surface area contributed by atoms with Gasteiger partial charge in [-0.1, -0.05) is 0 Å². The summed E-state index contributed by atoms with van der Waals surface area (Å²) in [4.78, 5) is 1.87. The number of rotatable bonds is 0. The molecule has 6 heteroatoms. The molecular weight excluding hydrogens is 194 g/mol. The lowest BCUT2D eigenvalue weighted by Gasteiger charge is -2.35. The van der Waals surface area contributed by atoms with E-state index in [1.54, 1.807) is 0 Å². The molecule has 0 saturated carbocycles. The summed E-state index contributed by atoms with van der Waals surface area (Å²) >= 11 is 0. The van der Waals surface area contributed by atoms with Gasteiger partial charge < -0.3 is 9.45 Å². The van der Waals surface area contributed by atoms with Crippen molar-refractivity contribution < 1.29 is 22.4 Å². The van der Waals surface area contributed by atoms with Gasteiger partial charge in [-0.05, 0) is 25.2 Å². The van der Waals surface area contributed by atoms with Crippen LogP contribution in [0.15, 0.2) is 0 Å². The molecule has 0 radical (unpaired) electrons. The van der Waals surface area contributed by atoms with Crippen LogP contribution in [-0.4, -0.2) is 37.2 Å². The first-order valence-corrected chi connectivity index (χ1v) is 5.83. The van der Waals surface area contributed by atoms with Gasteiger partial charge in [-0.3, -0.25) is 4.55 Å². The summed E-state index contributed by atoms with van der Waals surface area (Å²) in [6.07, 6.45) is 4.57. The third-order valence-corrected chi connectivity index (χ3v) is 2.72. The third kappa shape index (κ3) is 5.20. The van der Waals surface area contributed by atoms with Crippen LogP contribution >= 0.6 is 0 Å². The second kappa shape index (κ2) is 4.36. The van der Waals surface area contributed by atoms with Gasteiger partial charge in [0.15, 0.2) is 0 Å². The van der Waals surface area contributed by atoms with Crippen LogP contribution in [0.3, 0.4) is 0 Å². The summed E-state index contributed by atoms with van der Waals surface area (Å²) in [6.45, 7) is 4.43. The summed E-state index contributed by atoms with van der Waals surface area (Å²) in [5, 5.41) is 0. The van der Waals surface area contributed by atoms with E-state index in [1.165, 1.54) is 38.9 Å². The van der Waals surface area contributed by atoms with E-state index >= 15 is 0 Å². The van der Waals surface area contributed by atoms with E-state index in [9.17, 15) is 0 Å². The SMILES string of the molecule is C1C[NH+]2CCC1CC2.O=S(=O)([O-])O. The molecule has 13 heavy (non-hydrogen) atoms. The van der Waals surface area contributed by atoms with Crippen LogP contribution in [0.5, 0.6) is 0 Å². The lowest BCUT2D eigenvalue weighted by atomic mass is 9.89. The summed E-state index contributed by atoms with van der Waals surface area (Å²) < 4.78 is 32.8. The predicted molar refractivity (Wildman–Crippen MR) is 45.2 cm³/mol. The molecule has 3 rings (SSSR count). The smallest absolute Gasteiger partial charge is 0.215 e. The van der Waals surface area contributed by atoms with E-state index in [-0.39, 0.29) is 0 Å². The van der Waals surface area contributed by atoms with Gasteiger partial charge in [-0.25, -0.2) is 8.42 Å². The van der Waals surface area contributed by atoms with E-state index in [1.807, 2.05) is 4.90 Å². The van der Waals surface area contributed by atoms with Crippen molar-refractivity contribution in [3.8, 4) is 0 Å². The molecule has 3 fully saturated rings. The maximum absolute atomic E-state index is 8.63. The molecule has 5 nitrogen and oxygen atoms in total. The minimum absolute atomic E-state index is 1.13. The molecule has 2 bridgehead atoms. The molecule has 0 aliphatic carbocycles. The van der Waals surface area contributed by atoms with E-state index in [4.69, 9.17) is 17.5 Å². The van der Waals surface area contributed by atoms with Gasteiger partial charge in [0.2, 0.25) is 10.4 Å². The predicted octanol–water partition coefficient (Wildman–Crippen LogP) is -1.31. The summed E-state index contributed by atoms with van der Waals surface area (Å²) in [5.41, 5.74) is 0. The fourth-order valence-electron chi connectivity index (χ4n) is 2.03. The molecule has 0 amide bonds. The van der Waals surface area contributed by atoms with Crippen molar-refractivity contribution in [3.05, 3.63) is 0 Å². The van der Waals surface area contributed by atoms with Gasteiger partial charge in [0.25, 0.3) is 0 Å². The molecule has 3 saturated heterocycles. The molecule has 0 aromatic heterocycles. The molecule has 0 unspecified atom stereocenters. The van der Waals surface area contributed by atoms with Crippen molar-refractivity contribution in [2.24, 2.45) is 5.92 Å². The standard InChI is InChI=1S/C7H13N.H2O4S/c1-4-8-5-2-7(1)3-6-8;1-5(2,3)4/h7H,1-6H2;(H2,1,2,3,4). The summed E-state index contributed by atoms with van der Waals surface area (Å²) in [6, 6.07) is 0. The summed E-state index contributed by atoms with van der Waals surface area (Å²) in [7, 11) is -4.92. The monoisotopic (exact) mass is 209 g/mol. The van der Waals surface area contributed by atoms with Crippen LogP contribution in [0.1, 0.15) is 19.3 Å². The van der Waals surface area contributed by atoms with Gasteiger partial charge in [0.05, 0.1) is 19.6 Å². The highest BCUT2D eigenvalue weighted by atomic mass is 32.3. The second-order valence-electron chi connectivity index (χ2n) is 3.66. The van der Waals surface area contributed by atoms with E-state index in [0.717, 1.165) is 5.92 Å². The van der Waals surface area contributed by atoms with Crippen LogP contribution < -0.4 is 4.90 Å². The highest BCUT2D eigenvalue weighted by Gasteiger charge is 2.27. The van der Waals surface area contributed by atoms with Crippen molar-refractivity contribution in [1.82, 2.24) is 0 Å². The van der Waals surface area contributed by atoms with Crippen LogP contribution in [-0.2, 0) is 10.4 Å². The molecule has 0 aromatic carbocycles. The zero-order chi connectivity index (χ0) is 9.90. The first-order valence-electron chi connectivity index (χ1n) is 4.47. The fourth-order valence-corrected chi connectivity index (χ4v) is 2.03. The lowest BCUT2D eigenvalue weighted by molar-refractivity contribution is -0.916. The van der Waals surface area contributed by atoms with E-state index in [0.29, 0.717) is 0 Å². The van der Waals surface area contributed by atoms with Crippen LogP contribution in [0.4, 0.5) is 0 Å². The Morgan fingerprint density at radius 3 is 1.54 bits per heavy atom. The lowest BCUT2D eigenvalue weighted by Crippen LogP contribution is -3.14. The van der Waals surface area contributed by atoms with Crippen molar-refractivity contribution in [2.45, 2.75) is 19.3 Å². The number of hydrogen-bond donors (Lipinski definition) is 2. The van der Waals surface area contributed by atoms with Gasteiger partial charge >= 0.3 is 0 Å². The van der Waals surface area contributed by atoms with E-state index in [2.05, 4.69) is 0 Å². The Morgan fingerprint density at radius 1 is 1.15 bits per heavy atom. The topological polar surface area (TPSA) is 81.9 Å². The summed E-state index contributed by atoms with van der Waals surface area (Å²) in [5.74, 6) is 1.13. The highest BCUT2D eigenvalue weighted by Crippen LogP contribution is 2.16. The molecule has 0 atom stereocenters. The zero-order valence-corrected chi connectivity index (χ0v) is 8.22.